The molecule has 0 atom stereocenters. The van der Waals surface area contributed by atoms with Crippen molar-refractivity contribution < 1.29 is 14.3 Å². The van der Waals surface area contributed by atoms with Crippen LogP contribution in [0, 0.1) is 6.92 Å². The Morgan fingerprint density at radius 3 is 2.59 bits per heavy atom. The molecule has 1 aliphatic rings. The topological polar surface area (TPSA) is 58.6 Å². The van der Waals surface area contributed by atoms with Crippen molar-refractivity contribution in [3.63, 3.8) is 0 Å². The average Bonchev–Trinajstić information content (AvgIpc) is 2.69. The number of nitrogens with zero attached hydrogens (tertiary/aromatic N) is 1. The van der Waals surface area contributed by atoms with Crippen LogP contribution >= 0.6 is 28.1 Å². The van der Waals surface area contributed by atoms with E-state index < -0.39 is 11.8 Å². The molecule has 2 amide bonds. The molecule has 0 saturated carbocycles. The highest BCUT2D eigenvalue weighted by atomic mass is 79.9. The van der Waals surface area contributed by atoms with Gasteiger partial charge in [-0.05, 0) is 64.4 Å². The van der Waals surface area contributed by atoms with Crippen molar-refractivity contribution in [2.45, 2.75) is 13.5 Å². The van der Waals surface area contributed by atoms with E-state index in [9.17, 15) is 9.59 Å². The molecule has 2 aromatic rings. The Hall–Kier alpha value is -2.77. The molecule has 0 bridgehead atoms. The van der Waals surface area contributed by atoms with Crippen molar-refractivity contribution in [3.05, 3.63) is 81.9 Å². The molecule has 1 N–H and O–H groups in total. The summed E-state index contributed by atoms with van der Waals surface area (Å²) in [6, 6.07) is 13.5. The predicted molar refractivity (Wildman–Crippen MR) is 120 cm³/mol. The first-order chi connectivity index (χ1) is 13.9. The lowest BCUT2D eigenvalue weighted by atomic mass is 10.1. The largest absolute Gasteiger partial charge is 0.488 e. The molecule has 0 spiro atoms. The summed E-state index contributed by atoms with van der Waals surface area (Å²) < 4.78 is 6.59. The first-order valence-corrected chi connectivity index (χ1v) is 10.1. The van der Waals surface area contributed by atoms with Crippen LogP contribution in [0.2, 0.25) is 0 Å². The Balaban J connectivity index is 1.77. The van der Waals surface area contributed by atoms with E-state index in [1.54, 1.807) is 24.3 Å². The van der Waals surface area contributed by atoms with Gasteiger partial charge in [-0.3, -0.25) is 19.8 Å². The van der Waals surface area contributed by atoms with E-state index in [-0.39, 0.29) is 17.2 Å². The number of carbonyl (C=O) groups excluding carboxylic acids is 2. The molecule has 0 unspecified atom stereocenters. The second kappa shape index (κ2) is 9.15. The number of nitrogens with one attached hydrogen (secondary N) is 1. The minimum absolute atomic E-state index is 0.0145. The van der Waals surface area contributed by atoms with Crippen LogP contribution in [0.4, 0.5) is 0 Å². The van der Waals surface area contributed by atoms with E-state index >= 15 is 0 Å². The maximum absolute atomic E-state index is 12.6. The molecule has 0 radical (unpaired) electrons. The third-order valence-corrected chi connectivity index (χ3v) is 5.22. The summed E-state index contributed by atoms with van der Waals surface area (Å²) in [5.74, 6) is -0.299. The monoisotopic (exact) mass is 470 g/mol. The highest BCUT2D eigenvalue weighted by molar-refractivity contribution is 9.10. The smallest absolute Gasteiger partial charge is 0.265 e. The summed E-state index contributed by atoms with van der Waals surface area (Å²) in [5, 5.41) is 2.61. The fourth-order valence-corrected chi connectivity index (χ4v) is 3.49. The lowest BCUT2D eigenvalue weighted by molar-refractivity contribution is -0.128. The second-order valence-electron chi connectivity index (χ2n) is 6.49. The molecular weight excluding hydrogens is 452 g/mol. The molecule has 1 aliphatic heterocycles. The average molecular weight is 471 g/mol. The van der Waals surface area contributed by atoms with E-state index in [0.29, 0.717) is 17.9 Å². The van der Waals surface area contributed by atoms with Gasteiger partial charge in [0, 0.05) is 6.54 Å². The lowest BCUT2D eigenvalue weighted by Gasteiger charge is -2.27. The standard InChI is InChI=1S/C22H19BrN2O3S/c1-3-10-25-21(27)17(20(26)24-22(25)29)11-16-8-9-19(18(23)12-16)28-13-15-6-4-14(2)5-7-15/h3-9,11-12H,1,10,13H2,2H3,(H,24,26,29)/b17-11+. The highest BCUT2D eigenvalue weighted by Gasteiger charge is 2.32. The van der Waals surface area contributed by atoms with Crippen LogP contribution in [0.1, 0.15) is 16.7 Å². The Morgan fingerprint density at radius 1 is 1.21 bits per heavy atom. The van der Waals surface area contributed by atoms with Crippen LogP contribution in [0.5, 0.6) is 5.75 Å². The van der Waals surface area contributed by atoms with Crippen LogP contribution in [0.3, 0.4) is 0 Å². The van der Waals surface area contributed by atoms with Crippen molar-refractivity contribution in [2.75, 3.05) is 6.54 Å². The van der Waals surface area contributed by atoms with E-state index in [0.717, 1.165) is 10.0 Å². The molecule has 29 heavy (non-hydrogen) atoms. The van der Waals surface area contributed by atoms with Crippen molar-refractivity contribution in [2.24, 2.45) is 0 Å². The quantitative estimate of drug-likeness (QED) is 0.298. The molecule has 5 nitrogen and oxygen atoms in total. The normalized spacial score (nSPS) is 15.4. The molecule has 1 fully saturated rings. The number of hydrogen-bond acceptors (Lipinski definition) is 4. The third kappa shape index (κ3) is 4.99. The number of halogens is 1. The van der Waals surface area contributed by atoms with Gasteiger partial charge >= 0.3 is 0 Å². The van der Waals surface area contributed by atoms with Gasteiger partial charge in [0.05, 0.1) is 4.47 Å². The molecular formula is C22H19BrN2O3S. The van der Waals surface area contributed by atoms with Gasteiger partial charge < -0.3 is 4.74 Å². The SMILES string of the molecule is C=CCN1C(=O)/C(=C/c2ccc(OCc3ccc(C)cc3)c(Br)c2)C(=O)NC1=S. The molecule has 148 valence electrons. The van der Waals surface area contributed by atoms with Crippen molar-refractivity contribution >= 4 is 51.2 Å². The summed E-state index contributed by atoms with van der Waals surface area (Å²) in [5.41, 5.74) is 2.96. The van der Waals surface area contributed by atoms with Gasteiger partial charge in [0.1, 0.15) is 17.9 Å². The van der Waals surface area contributed by atoms with Gasteiger partial charge in [-0.25, -0.2) is 0 Å². The fraction of sp³-hybridized carbons (Fsp3) is 0.136. The number of benzene rings is 2. The van der Waals surface area contributed by atoms with Gasteiger partial charge in [-0.2, -0.15) is 0 Å². The Bertz CT molecular complexity index is 1020. The zero-order chi connectivity index (χ0) is 21.0. The molecule has 3 rings (SSSR count). The number of rotatable bonds is 6. The zero-order valence-corrected chi connectivity index (χ0v) is 18.2. The number of aryl methyl sites for hydroxylation is 1. The van der Waals surface area contributed by atoms with Crippen LogP contribution in [-0.4, -0.2) is 28.4 Å². The van der Waals surface area contributed by atoms with Crippen LogP contribution in [0.15, 0.2) is 65.2 Å². The number of thiocarbonyl (C=S) groups is 1. The number of amides is 2. The summed E-state index contributed by atoms with van der Waals surface area (Å²) in [4.78, 5) is 26.1. The van der Waals surface area contributed by atoms with Gasteiger partial charge in [0.25, 0.3) is 11.8 Å². The van der Waals surface area contributed by atoms with Gasteiger partial charge in [-0.15, -0.1) is 6.58 Å². The van der Waals surface area contributed by atoms with Crippen LogP contribution in [-0.2, 0) is 16.2 Å². The van der Waals surface area contributed by atoms with E-state index in [1.807, 2.05) is 31.2 Å². The first-order valence-electron chi connectivity index (χ1n) is 8.86. The van der Waals surface area contributed by atoms with E-state index in [1.165, 1.54) is 16.5 Å². The lowest BCUT2D eigenvalue weighted by Crippen LogP contribution is -2.53. The molecule has 1 heterocycles. The van der Waals surface area contributed by atoms with Gasteiger partial charge in [-0.1, -0.05) is 42.0 Å². The third-order valence-electron chi connectivity index (χ3n) is 4.28. The minimum atomic E-state index is -0.517. The first kappa shape index (κ1) is 21.0. The van der Waals surface area contributed by atoms with E-state index in [2.05, 4.69) is 27.8 Å². The molecule has 1 saturated heterocycles. The van der Waals surface area contributed by atoms with Crippen LogP contribution < -0.4 is 10.1 Å². The van der Waals surface area contributed by atoms with Crippen molar-refractivity contribution in [1.82, 2.24) is 10.2 Å². The molecule has 0 aromatic heterocycles. The van der Waals surface area contributed by atoms with Crippen molar-refractivity contribution in [1.29, 1.82) is 0 Å². The van der Waals surface area contributed by atoms with Gasteiger partial charge in [0.2, 0.25) is 0 Å². The Labute approximate surface area is 183 Å². The maximum atomic E-state index is 12.6. The number of ether oxygens (including phenoxy) is 1. The maximum Gasteiger partial charge on any atom is 0.265 e. The summed E-state index contributed by atoms with van der Waals surface area (Å²) in [6.07, 6.45) is 3.08. The van der Waals surface area contributed by atoms with Crippen LogP contribution in [0.25, 0.3) is 6.08 Å². The zero-order valence-electron chi connectivity index (χ0n) is 15.8. The van der Waals surface area contributed by atoms with Crippen molar-refractivity contribution in [3.8, 4) is 5.75 Å². The summed E-state index contributed by atoms with van der Waals surface area (Å²) >= 11 is 8.54. The molecule has 2 aromatic carbocycles. The summed E-state index contributed by atoms with van der Waals surface area (Å²) in [7, 11) is 0. The minimum Gasteiger partial charge on any atom is -0.488 e. The summed E-state index contributed by atoms with van der Waals surface area (Å²) in [6.45, 7) is 6.31. The van der Waals surface area contributed by atoms with Gasteiger partial charge in [0.15, 0.2) is 5.11 Å². The highest BCUT2D eigenvalue weighted by Crippen LogP contribution is 2.28. The molecule has 7 heteroatoms. The molecule has 0 aliphatic carbocycles. The second-order valence-corrected chi connectivity index (χ2v) is 7.73. The predicted octanol–water partition coefficient (Wildman–Crippen LogP) is 4.15. The van der Waals surface area contributed by atoms with E-state index in [4.69, 9.17) is 17.0 Å². The Kier molecular flexibility index (Phi) is 6.61. The Morgan fingerprint density at radius 2 is 1.93 bits per heavy atom. The number of hydrogen-bond donors (Lipinski definition) is 1. The fourth-order valence-electron chi connectivity index (χ4n) is 2.72. The number of carbonyl (C=O) groups is 2.